The van der Waals surface area contributed by atoms with E-state index in [1.54, 1.807) is 7.11 Å². The van der Waals surface area contributed by atoms with E-state index in [2.05, 4.69) is 10.6 Å². The molecular formula is C10H22N2O3. The molecule has 0 rings (SSSR count). The normalized spacial score (nSPS) is 12.5. The van der Waals surface area contributed by atoms with Crippen molar-refractivity contribution in [2.45, 2.75) is 13.3 Å². The molecule has 0 bridgehead atoms. The minimum Gasteiger partial charge on any atom is -0.396 e. The van der Waals surface area contributed by atoms with Crippen molar-refractivity contribution in [2.24, 2.45) is 5.92 Å². The largest absolute Gasteiger partial charge is 0.396 e. The second-order valence-electron chi connectivity index (χ2n) is 3.59. The molecule has 90 valence electrons. The SMILES string of the molecule is COCCNCC(=O)NCC(C)CCO. The Bertz CT molecular complexity index is 165. The van der Waals surface area contributed by atoms with Crippen LogP contribution < -0.4 is 10.6 Å². The second-order valence-corrected chi connectivity index (χ2v) is 3.59. The van der Waals surface area contributed by atoms with E-state index in [0.29, 0.717) is 32.2 Å². The van der Waals surface area contributed by atoms with Crippen molar-refractivity contribution >= 4 is 5.91 Å². The van der Waals surface area contributed by atoms with Crippen LogP contribution in [0.4, 0.5) is 0 Å². The van der Waals surface area contributed by atoms with Gasteiger partial charge in [-0.2, -0.15) is 0 Å². The predicted molar refractivity (Wildman–Crippen MR) is 58.6 cm³/mol. The molecule has 0 aliphatic carbocycles. The van der Waals surface area contributed by atoms with Crippen LogP contribution >= 0.6 is 0 Å². The molecule has 0 saturated heterocycles. The fraction of sp³-hybridized carbons (Fsp3) is 0.900. The minimum absolute atomic E-state index is 0.0177. The Morgan fingerprint density at radius 2 is 2.27 bits per heavy atom. The number of rotatable bonds is 9. The van der Waals surface area contributed by atoms with Crippen LogP contribution in [-0.2, 0) is 9.53 Å². The zero-order chi connectivity index (χ0) is 11.5. The topological polar surface area (TPSA) is 70.6 Å². The van der Waals surface area contributed by atoms with E-state index in [-0.39, 0.29) is 12.5 Å². The highest BCUT2D eigenvalue weighted by atomic mass is 16.5. The van der Waals surface area contributed by atoms with Gasteiger partial charge in [0.25, 0.3) is 0 Å². The standard InChI is InChI=1S/C10H22N2O3/c1-9(3-5-13)7-12-10(14)8-11-4-6-15-2/h9,11,13H,3-8H2,1-2H3,(H,12,14). The van der Waals surface area contributed by atoms with E-state index < -0.39 is 0 Å². The first-order valence-electron chi connectivity index (χ1n) is 5.28. The minimum atomic E-state index is -0.0177. The second kappa shape index (κ2) is 9.89. The number of hydrogen-bond donors (Lipinski definition) is 3. The maximum absolute atomic E-state index is 11.2. The quantitative estimate of drug-likeness (QED) is 0.450. The third kappa shape index (κ3) is 9.65. The summed E-state index contributed by atoms with van der Waals surface area (Å²) in [5.74, 6) is 0.300. The number of carbonyl (C=O) groups is 1. The molecule has 0 aliphatic heterocycles. The molecule has 5 nitrogen and oxygen atoms in total. The molecule has 0 saturated carbocycles. The van der Waals surface area contributed by atoms with Crippen molar-refractivity contribution in [3.8, 4) is 0 Å². The number of methoxy groups -OCH3 is 1. The average molecular weight is 218 g/mol. The molecule has 0 radical (unpaired) electrons. The molecule has 0 heterocycles. The highest BCUT2D eigenvalue weighted by Gasteiger charge is 2.04. The van der Waals surface area contributed by atoms with Gasteiger partial charge in [-0.05, 0) is 12.3 Å². The molecule has 1 amide bonds. The number of amides is 1. The Morgan fingerprint density at radius 3 is 2.87 bits per heavy atom. The molecule has 0 fully saturated rings. The van der Waals surface area contributed by atoms with Crippen LogP contribution in [0.25, 0.3) is 0 Å². The summed E-state index contributed by atoms with van der Waals surface area (Å²) in [4.78, 5) is 11.2. The molecule has 3 N–H and O–H groups in total. The van der Waals surface area contributed by atoms with Crippen molar-refractivity contribution in [1.29, 1.82) is 0 Å². The van der Waals surface area contributed by atoms with Gasteiger partial charge in [-0.1, -0.05) is 6.92 Å². The monoisotopic (exact) mass is 218 g/mol. The summed E-state index contributed by atoms with van der Waals surface area (Å²) in [6.45, 7) is 4.38. The number of carbonyl (C=O) groups excluding carboxylic acids is 1. The summed E-state index contributed by atoms with van der Waals surface area (Å²) >= 11 is 0. The van der Waals surface area contributed by atoms with Crippen LogP contribution in [0.1, 0.15) is 13.3 Å². The van der Waals surface area contributed by atoms with Crippen LogP contribution in [0.2, 0.25) is 0 Å². The predicted octanol–water partition coefficient (Wildman–Crippen LogP) is -0.643. The summed E-state index contributed by atoms with van der Waals surface area (Å²) in [6, 6.07) is 0. The first kappa shape index (κ1) is 14.3. The van der Waals surface area contributed by atoms with Crippen molar-refractivity contribution in [1.82, 2.24) is 10.6 Å². The zero-order valence-corrected chi connectivity index (χ0v) is 9.58. The van der Waals surface area contributed by atoms with Crippen molar-refractivity contribution < 1.29 is 14.6 Å². The lowest BCUT2D eigenvalue weighted by Crippen LogP contribution is -2.37. The molecule has 0 aromatic carbocycles. The number of aliphatic hydroxyl groups excluding tert-OH is 1. The molecule has 15 heavy (non-hydrogen) atoms. The van der Waals surface area contributed by atoms with Gasteiger partial charge in [-0.25, -0.2) is 0 Å². The van der Waals surface area contributed by atoms with Gasteiger partial charge < -0.3 is 20.5 Å². The van der Waals surface area contributed by atoms with Gasteiger partial charge in [0.1, 0.15) is 0 Å². The van der Waals surface area contributed by atoms with Gasteiger partial charge in [0, 0.05) is 26.8 Å². The highest BCUT2D eigenvalue weighted by molar-refractivity contribution is 5.77. The van der Waals surface area contributed by atoms with E-state index in [0.717, 1.165) is 6.42 Å². The Labute approximate surface area is 91.2 Å². The van der Waals surface area contributed by atoms with Gasteiger partial charge in [0.15, 0.2) is 0 Å². The van der Waals surface area contributed by atoms with Crippen LogP contribution in [0.3, 0.4) is 0 Å². The lowest BCUT2D eigenvalue weighted by atomic mass is 10.1. The van der Waals surface area contributed by atoms with E-state index >= 15 is 0 Å². The Hall–Kier alpha value is -0.650. The van der Waals surface area contributed by atoms with Crippen molar-refractivity contribution in [3.63, 3.8) is 0 Å². The molecule has 5 heteroatoms. The molecule has 0 spiro atoms. The van der Waals surface area contributed by atoms with Crippen LogP contribution in [0.5, 0.6) is 0 Å². The van der Waals surface area contributed by atoms with Crippen molar-refractivity contribution in [2.75, 3.05) is 40.0 Å². The first-order valence-corrected chi connectivity index (χ1v) is 5.28. The summed E-state index contributed by atoms with van der Waals surface area (Å²) in [6.07, 6.45) is 0.720. The summed E-state index contributed by atoms with van der Waals surface area (Å²) in [7, 11) is 1.62. The molecule has 1 unspecified atom stereocenters. The van der Waals surface area contributed by atoms with Crippen LogP contribution in [-0.4, -0.2) is 51.0 Å². The number of aliphatic hydroxyl groups is 1. The summed E-state index contributed by atoms with van der Waals surface area (Å²) in [5, 5.41) is 14.4. The van der Waals surface area contributed by atoms with Crippen LogP contribution in [0, 0.1) is 5.92 Å². The fourth-order valence-corrected chi connectivity index (χ4v) is 1.05. The van der Waals surface area contributed by atoms with Gasteiger partial charge in [-0.3, -0.25) is 4.79 Å². The molecule has 1 atom stereocenters. The van der Waals surface area contributed by atoms with E-state index in [1.807, 2.05) is 6.92 Å². The molecular weight excluding hydrogens is 196 g/mol. The lowest BCUT2D eigenvalue weighted by molar-refractivity contribution is -0.120. The summed E-state index contributed by atoms with van der Waals surface area (Å²) < 4.78 is 4.83. The van der Waals surface area contributed by atoms with Gasteiger partial charge >= 0.3 is 0 Å². The van der Waals surface area contributed by atoms with E-state index in [1.165, 1.54) is 0 Å². The first-order chi connectivity index (χ1) is 7.20. The molecule has 0 aliphatic rings. The van der Waals surface area contributed by atoms with E-state index in [9.17, 15) is 4.79 Å². The molecule has 0 aromatic rings. The molecule has 0 aromatic heterocycles. The van der Waals surface area contributed by atoms with Crippen LogP contribution in [0.15, 0.2) is 0 Å². The van der Waals surface area contributed by atoms with Crippen molar-refractivity contribution in [3.05, 3.63) is 0 Å². The summed E-state index contributed by atoms with van der Waals surface area (Å²) in [5.41, 5.74) is 0. The Balaban J connectivity index is 3.32. The third-order valence-corrected chi connectivity index (χ3v) is 2.04. The number of hydrogen-bond acceptors (Lipinski definition) is 4. The van der Waals surface area contributed by atoms with Gasteiger partial charge in [-0.15, -0.1) is 0 Å². The average Bonchev–Trinajstić information content (AvgIpc) is 2.22. The third-order valence-electron chi connectivity index (χ3n) is 2.04. The van der Waals surface area contributed by atoms with Gasteiger partial charge in [0.2, 0.25) is 5.91 Å². The smallest absolute Gasteiger partial charge is 0.233 e. The maximum atomic E-state index is 11.2. The van der Waals surface area contributed by atoms with Gasteiger partial charge in [0.05, 0.1) is 13.2 Å². The lowest BCUT2D eigenvalue weighted by Gasteiger charge is -2.11. The number of ether oxygens (including phenoxy) is 1. The Kier molecular flexibility index (Phi) is 9.46. The zero-order valence-electron chi connectivity index (χ0n) is 9.58. The Morgan fingerprint density at radius 1 is 1.53 bits per heavy atom. The number of nitrogens with one attached hydrogen (secondary N) is 2. The fourth-order valence-electron chi connectivity index (χ4n) is 1.05. The maximum Gasteiger partial charge on any atom is 0.233 e. The highest BCUT2D eigenvalue weighted by Crippen LogP contribution is 1.97. The van der Waals surface area contributed by atoms with E-state index in [4.69, 9.17) is 9.84 Å².